The molecular formula is C7H5Cl2N3O. The zero-order valence-corrected chi connectivity index (χ0v) is 8.01. The highest BCUT2D eigenvalue weighted by Crippen LogP contribution is 2.15. The Labute approximate surface area is 84.6 Å². The fraction of sp³-hybridized carbons (Fsp3) is 0.286. The number of aliphatic imine (C=N–C) groups is 1. The molecule has 0 spiro atoms. The number of carbonyl (C=O) groups excluding carboxylic acids is 1. The van der Waals surface area contributed by atoms with Crippen LogP contribution in [0.3, 0.4) is 0 Å². The highest BCUT2D eigenvalue weighted by atomic mass is 35.5. The van der Waals surface area contributed by atoms with Gasteiger partial charge >= 0.3 is 0 Å². The lowest BCUT2D eigenvalue weighted by Crippen LogP contribution is -1.94. The van der Waals surface area contributed by atoms with Gasteiger partial charge in [0.25, 0.3) is 0 Å². The summed E-state index contributed by atoms with van der Waals surface area (Å²) in [6.45, 7) is 0.325. The van der Waals surface area contributed by atoms with E-state index in [1.807, 2.05) is 0 Å². The van der Waals surface area contributed by atoms with E-state index in [2.05, 4.69) is 15.2 Å². The van der Waals surface area contributed by atoms with Gasteiger partial charge in [-0.1, -0.05) is 23.2 Å². The van der Waals surface area contributed by atoms with Gasteiger partial charge in [-0.15, -0.1) is 10.2 Å². The molecule has 0 aliphatic carbocycles. The Morgan fingerprint density at radius 3 is 2.92 bits per heavy atom. The summed E-state index contributed by atoms with van der Waals surface area (Å²) in [5.41, 5.74) is 0.723. The van der Waals surface area contributed by atoms with Crippen LogP contribution in [-0.2, 0) is 11.2 Å². The lowest BCUT2D eigenvalue weighted by Gasteiger charge is -1.99. The molecule has 0 aliphatic rings. The van der Waals surface area contributed by atoms with Crippen molar-refractivity contribution in [3.8, 4) is 0 Å². The Morgan fingerprint density at radius 2 is 2.23 bits per heavy atom. The second-order valence-corrected chi connectivity index (χ2v) is 2.95. The summed E-state index contributed by atoms with van der Waals surface area (Å²) in [5, 5.41) is 7.70. The molecular weight excluding hydrogens is 213 g/mol. The summed E-state index contributed by atoms with van der Waals surface area (Å²) in [5.74, 6) is 0. The van der Waals surface area contributed by atoms with Crippen molar-refractivity contribution in [2.45, 2.75) is 6.42 Å². The van der Waals surface area contributed by atoms with Gasteiger partial charge in [-0.2, -0.15) is 0 Å². The molecule has 0 amide bonds. The van der Waals surface area contributed by atoms with E-state index in [4.69, 9.17) is 23.2 Å². The SMILES string of the molecule is O=C=NCCc1cc(Cl)nnc1Cl. The fourth-order valence-corrected chi connectivity index (χ4v) is 1.14. The summed E-state index contributed by atoms with van der Waals surface area (Å²) >= 11 is 11.3. The normalized spacial score (nSPS) is 9.38. The number of hydrogen-bond donors (Lipinski definition) is 0. The highest BCUT2D eigenvalue weighted by molar-refractivity contribution is 6.31. The molecule has 68 valence electrons. The van der Waals surface area contributed by atoms with Crippen molar-refractivity contribution in [3.63, 3.8) is 0 Å². The van der Waals surface area contributed by atoms with Gasteiger partial charge in [0.15, 0.2) is 10.3 Å². The Balaban J connectivity index is 2.75. The molecule has 0 saturated carbocycles. The standard InChI is InChI=1S/C7H5Cl2N3O/c8-6-3-5(1-2-10-4-13)7(9)12-11-6/h3H,1-2H2. The third-order valence-corrected chi connectivity index (χ3v) is 1.85. The van der Waals surface area contributed by atoms with Crippen LogP contribution in [-0.4, -0.2) is 22.8 Å². The first kappa shape index (κ1) is 10.1. The summed E-state index contributed by atoms with van der Waals surface area (Å²) in [6.07, 6.45) is 1.94. The van der Waals surface area contributed by atoms with Crippen molar-refractivity contribution < 1.29 is 4.79 Å². The van der Waals surface area contributed by atoms with Gasteiger partial charge < -0.3 is 0 Å². The number of isocyanates is 1. The Bertz CT molecular complexity index is 350. The van der Waals surface area contributed by atoms with Gasteiger partial charge in [0.2, 0.25) is 6.08 Å². The van der Waals surface area contributed by atoms with Crippen LogP contribution in [0.15, 0.2) is 11.1 Å². The third kappa shape index (κ3) is 3.11. The Morgan fingerprint density at radius 1 is 1.46 bits per heavy atom. The molecule has 6 heteroatoms. The summed E-state index contributed by atoms with van der Waals surface area (Å²) in [4.78, 5) is 13.2. The largest absolute Gasteiger partial charge is 0.234 e. The molecule has 0 radical (unpaired) electrons. The second-order valence-electron chi connectivity index (χ2n) is 2.21. The average Bonchev–Trinajstić information content (AvgIpc) is 2.11. The molecule has 4 nitrogen and oxygen atoms in total. The zero-order chi connectivity index (χ0) is 9.68. The predicted octanol–water partition coefficient (Wildman–Crippen LogP) is 1.66. The van der Waals surface area contributed by atoms with Crippen LogP contribution in [0, 0.1) is 0 Å². The van der Waals surface area contributed by atoms with Crippen LogP contribution >= 0.6 is 23.2 Å². The molecule has 1 aromatic heterocycles. The maximum Gasteiger partial charge on any atom is 0.234 e. The summed E-state index contributed by atoms with van der Waals surface area (Å²) < 4.78 is 0. The second kappa shape index (κ2) is 4.92. The smallest absolute Gasteiger partial charge is 0.211 e. The van der Waals surface area contributed by atoms with Crippen molar-refractivity contribution in [3.05, 3.63) is 21.9 Å². The van der Waals surface area contributed by atoms with Crippen LogP contribution in [0.5, 0.6) is 0 Å². The minimum atomic E-state index is 0.273. The van der Waals surface area contributed by atoms with Crippen molar-refractivity contribution in [1.29, 1.82) is 0 Å². The summed E-state index contributed by atoms with van der Waals surface area (Å²) in [6, 6.07) is 1.59. The topological polar surface area (TPSA) is 55.2 Å². The lowest BCUT2D eigenvalue weighted by atomic mass is 10.2. The first-order valence-electron chi connectivity index (χ1n) is 3.45. The quantitative estimate of drug-likeness (QED) is 0.572. The lowest BCUT2D eigenvalue weighted by molar-refractivity contribution is 0.563. The molecule has 1 heterocycles. The third-order valence-electron chi connectivity index (χ3n) is 1.35. The fourth-order valence-electron chi connectivity index (χ4n) is 0.785. The van der Waals surface area contributed by atoms with Gasteiger partial charge in [-0.05, 0) is 18.1 Å². The molecule has 0 N–H and O–H groups in total. The Kier molecular flexibility index (Phi) is 3.83. The van der Waals surface area contributed by atoms with E-state index in [0.717, 1.165) is 5.56 Å². The first-order valence-corrected chi connectivity index (χ1v) is 4.21. The summed E-state index contributed by atoms with van der Waals surface area (Å²) in [7, 11) is 0. The van der Waals surface area contributed by atoms with Gasteiger partial charge in [0.1, 0.15) is 0 Å². The van der Waals surface area contributed by atoms with Crippen LogP contribution in [0.4, 0.5) is 0 Å². The molecule has 0 fully saturated rings. The molecule has 1 aromatic rings. The predicted molar refractivity (Wildman–Crippen MR) is 48.7 cm³/mol. The minimum Gasteiger partial charge on any atom is -0.211 e. The van der Waals surface area contributed by atoms with E-state index in [9.17, 15) is 4.79 Å². The Hall–Kier alpha value is -0.960. The van der Waals surface area contributed by atoms with E-state index < -0.39 is 0 Å². The molecule has 0 saturated heterocycles. The van der Waals surface area contributed by atoms with Crippen molar-refractivity contribution in [1.82, 2.24) is 10.2 Å². The van der Waals surface area contributed by atoms with E-state index >= 15 is 0 Å². The maximum absolute atomic E-state index is 9.77. The maximum atomic E-state index is 9.77. The number of aromatic nitrogens is 2. The van der Waals surface area contributed by atoms with E-state index in [1.165, 1.54) is 6.08 Å². The van der Waals surface area contributed by atoms with E-state index in [1.54, 1.807) is 6.07 Å². The number of rotatable bonds is 3. The number of hydrogen-bond acceptors (Lipinski definition) is 4. The molecule has 0 aliphatic heterocycles. The first-order chi connectivity index (χ1) is 6.24. The molecule has 0 atom stereocenters. The number of halogens is 2. The van der Waals surface area contributed by atoms with E-state index in [-0.39, 0.29) is 10.3 Å². The van der Waals surface area contributed by atoms with Gasteiger partial charge in [0, 0.05) is 0 Å². The van der Waals surface area contributed by atoms with Gasteiger partial charge in [0.05, 0.1) is 6.54 Å². The van der Waals surface area contributed by atoms with E-state index in [0.29, 0.717) is 13.0 Å². The highest BCUT2D eigenvalue weighted by Gasteiger charge is 2.02. The molecule has 0 aromatic carbocycles. The molecule has 13 heavy (non-hydrogen) atoms. The van der Waals surface area contributed by atoms with Crippen molar-refractivity contribution in [2.24, 2.45) is 4.99 Å². The average molecular weight is 218 g/mol. The van der Waals surface area contributed by atoms with Crippen molar-refractivity contribution >= 4 is 29.3 Å². The minimum absolute atomic E-state index is 0.273. The molecule has 1 rings (SSSR count). The zero-order valence-electron chi connectivity index (χ0n) is 6.50. The van der Waals surface area contributed by atoms with Crippen LogP contribution in [0.25, 0.3) is 0 Å². The van der Waals surface area contributed by atoms with Crippen LogP contribution in [0.2, 0.25) is 10.3 Å². The van der Waals surface area contributed by atoms with Gasteiger partial charge in [-0.25, -0.2) is 9.79 Å². The molecule has 0 unspecified atom stereocenters. The van der Waals surface area contributed by atoms with Crippen LogP contribution < -0.4 is 0 Å². The molecule has 0 bridgehead atoms. The van der Waals surface area contributed by atoms with Crippen LogP contribution in [0.1, 0.15) is 5.56 Å². The van der Waals surface area contributed by atoms with Crippen molar-refractivity contribution in [2.75, 3.05) is 6.54 Å². The van der Waals surface area contributed by atoms with Gasteiger partial charge in [-0.3, -0.25) is 0 Å². The number of nitrogens with zero attached hydrogens (tertiary/aromatic N) is 3. The monoisotopic (exact) mass is 217 g/mol.